The SMILES string of the molecule is Cc1ccc(C(CNC(=O)NC(C)c2ccc(F)c(F)c2)N2CCOCC2)o1. The third-order valence-corrected chi connectivity index (χ3v) is 4.82. The average Bonchev–Trinajstić information content (AvgIpc) is 3.11. The molecule has 2 aromatic rings. The number of rotatable bonds is 6. The van der Waals surface area contributed by atoms with Crippen molar-refractivity contribution >= 4 is 6.03 Å². The minimum atomic E-state index is -0.938. The highest BCUT2D eigenvalue weighted by atomic mass is 19.2. The summed E-state index contributed by atoms with van der Waals surface area (Å²) in [6.45, 7) is 6.71. The third kappa shape index (κ3) is 5.08. The van der Waals surface area contributed by atoms with Crippen LogP contribution < -0.4 is 10.6 Å². The van der Waals surface area contributed by atoms with E-state index in [4.69, 9.17) is 9.15 Å². The summed E-state index contributed by atoms with van der Waals surface area (Å²) < 4.78 is 37.7. The van der Waals surface area contributed by atoms with E-state index in [0.29, 0.717) is 25.3 Å². The van der Waals surface area contributed by atoms with Crippen LogP contribution in [0.25, 0.3) is 0 Å². The van der Waals surface area contributed by atoms with Crippen LogP contribution in [0, 0.1) is 18.6 Å². The summed E-state index contributed by atoms with van der Waals surface area (Å²) in [6, 6.07) is 6.43. The lowest BCUT2D eigenvalue weighted by molar-refractivity contribution is 0.0121. The Morgan fingerprint density at radius 3 is 2.57 bits per heavy atom. The van der Waals surface area contributed by atoms with E-state index in [1.807, 2.05) is 19.1 Å². The zero-order valence-electron chi connectivity index (χ0n) is 16.0. The van der Waals surface area contributed by atoms with E-state index in [1.54, 1.807) is 6.92 Å². The number of nitrogens with zero attached hydrogens (tertiary/aromatic N) is 1. The number of furan rings is 1. The van der Waals surface area contributed by atoms with Crippen molar-refractivity contribution in [3.63, 3.8) is 0 Å². The average molecular weight is 393 g/mol. The van der Waals surface area contributed by atoms with Gasteiger partial charge in [0, 0.05) is 19.6 Å². The number of amides is 2. The lowest BCUT2D eigenvalue weighted by atomic mass is 10.1. The molecular weight excluding hydrogens is 368 g/mol. The molecule has 1 aromatic heterocycles. The monoisotopic (exact) mass is 393 g/mol. The smallest absolute Gasteiger partial charge is 0.315 e. The molecule has 0 saturated carbocycles. The number of hydrogen-bond donors (Lipinski definition) is 2. The van der Waals surface area contributed by atoms with Gasteiger partial charge in [-0.15, -0.1) is 0 Å². The number of aryl methyl sites for hydroxylation is 1. The van der Waals surface area contributed by atoms with E-state index in [9.17, 15) is 13.6 Å². The minimum absolute atomic E-state index is 0.109. The Hall–Kier alpha value is -2.45. The molecule has 1 fully saturated rings. The molecule has 2 atom stereocenters. The molecule has 6 nitrogen and oxygen atoms in total. The molecule has 1 aromatic carbocycles. The molecule has 0 spiro atoms. The van der Waals surface area contributed by atoms with Crippen LogP contribution in [0.3, 0.4) is 0 Å². The minimum Gasteiger partial charge on any atom is -0.465 e. The fraction of sp³-hybridized carbons (Fsp3) is 0.450. The summed E-state index contributed by atoms with van der Waals surface area (Å²) in [7, 11) is 0. The lowest BCUT2D eigenvalue weighted by Crippen LogP contribution is -2.46. The van der Waals surface area contributed by atoms with Crippen LogP contribution in [0.2, 0.25) is 0 Å². The van der Waals surface area contributed by atoms with Gasteiger partial charge in [-0.2, -0.15) is 0 Å². The van der Waals surface area contributed by atoms with Gasteiger partial charge in [-0.25, -0.2) is 13.6 Å². The number of carbonyl (C=O) groups is 1. The second kappa shape index (κ2) is 9.16. The van der Waals surface area contributed by atoms with Crippen molar-refractivity contribution in [2.45, 2.75) is 25.9 Å². The quantitative estimate of drug-likeness (QED) is 0.790. The van der Waals surface area contributed by atoms with Gasteiger partial charge in [0.2, 0.25) is 0 Å². The first-order chi connectivity index (χ1) is 13.4. The first kappa shape index (κ1) is 20.3. The number of morpholine rings is 1. The van der Waals surface area contributed by atoms with E-state index in [1.165, 1.54) is 6.07 Å². The molecule has 2 amide bonds. The Bertz CT molecular complexity index is 806. The Labute approximate surface area is 162 Å². The van der Waals surface area contributed by atoms with Crippen molar-refractivity contribution in [1.82, 2.24) is 15.5 Å². The molecule has 28 heavy (non-hydrogen) atoms. The number of hydrogen-bond acceptors (Lipinski definition) is 4. The number of carbonyl (C=O) groups excluding carboxylic acids is 1. The lowest BCUT2D eigenvalue weighted by Gasteiger charge is -2.33. The van der Waals surface area contributed by atoms with Gasteiger partial charge in [0.15, 0.2) is 11.6 Å². The normalized spacial score (nSPS) is 17.1. The van der Waals surface area contributed by atoms with Crippen molar-refractivity contribution in [1.29, 1.82) is 0 Å². The molecule has 0 bridgehead atoms. The second-order valence-corrected chi connectivity index (χ2v) is 6.86. The second-order valence-electron chi connectivity index (χ2n) is 6.86. The van der Waals surface area contributed by atoms with E-state index in [2.05, 4.69) is 15.5 Å². The summed E-state index contributed by atoms with van der Waals surface area (Å²) in [5.41, 5.74) is 0.487. The number of benzene rings is 1. The molecule has 1 aliphatic rings. The van der Waals surface area contributed by atoms with E-state index < -0.39 is 23.7 Å². The fourth-order valence-corrected chi connectivity index (χ4v) is 3.23. The summed E-state index contributed by atoms with van der Waals surface area (Å²) in [5.74, 6) is -0.257. The Morgan fingerprint density at radius 2 is 1.93 bits per heavy atom. The Balaban J connectivity index is 1.60. The molecule has 8 heteroatoms. The zero-order valence-corrected chi connectivity index (χ0v) is 16.0. The van der Waals surface area contributed by atoms with Gasteiger partial charge < -0.3 is 19.8 Å². The van der Waals surface area contributed by atoms with Crippen molar-refractivity contribution in [2.75, 3.05) is 32.8 Å². The predicted molar refractivity (Wildman–Crippen MR) is 99.9 cm³/mol. The van der Waals surface area contributed by atoms with Gasteiger partial charge >= 0.3 is 6.03 Å². The highest BCUT2D eigenvalue weighted by molar-refractivity contribution is 5.74. The standard InChI is InChI=1S/C20H25F2N3O3/c1-13-3-6-19(28-13)18(25-7-9-27-10-8-25)12-23-20(26)24-14(2)15-4-5-16(21)17(22)11-15/h3-6,11,14,18H,7-10,12H2,1-2H3,(H2,23,24,26). The maximum Gasteiger partial charge on any atom is 0.315 e. The van der Waals surface area contributed by atoms with Gasteiger partial charge in [-0.3, -0.25) is 4.90 Å². The van der Waals surface area contributed by atoms with Crippen molar-refractivity contribution in [3.05, 3.63) is 59.1 Å². The molecule has 152 valence electrons. The third-order valence-electron chi connectivity index (χ3n) is 4.82. The zero-order chi connectivity index (χ0) is 20.1. The van der Waals surface area contributed by atoms with Gasteiger partial charge in [-0.05, 0) is 43.7 Å². The maximum atomic E-state index is 13.4. The molecule has 2 heterocycles. The van der Waals surface area contributed by atoms with E-state index in [0.717, 1.165) is 36.7 Å². The Morgan fingerprint density at radius 1 is 1.18 bits per heavy atom. The van der Waals surface area contributed by atoms with E-state index >= 15 is 0 Å². The van der Waals surface area contributed by atoms with Crippen molar-refractivity contribution < 1.29 is 22.7 Å². The molecular formula is C20H25F2N3O3. The first-order valence-corrected chi connectivity index (χ1v) is 9.31. The number of halogens is 2. The maximum absolute atomic E-state index is 13.4. The Kier molecular flexibility index (Phi) is 6.64. The van der Waals surface area contributed by atoms with Gasteiger partial charge in [0.25, 0.3) is 0 Å². The van der Waals surface area contributed by atoms with Gasteiger partial charge in [-0.1, -0.05) is 6.07 Å². The number of ether oxygens (including phenoxy) is 1. The van der Waals surface area contributed by atoms with Crippen LogP contribution in [0.5, 0.6) is 0 Å². The summed E-state index contributed by atoms with van der Waals surface area (Å²) in [6.07, 6.45) is 0. The first-order valence-electron chi connectivity index (χ1n) is 9.31. The molecule has 3 rings (SSSR count). The number of nitrogens with one attached hydrogen (secondary N) is 2. The van der Waals surface area contributed by atoms with Crippen LogP contribution in [0.15, 0.2) is 34.7 Å². The number of urea groups is 1. The molecule has 2 N–H and O–H groups in total. The van der Waals surface area contributed by atoms with Crippen LogP contribution in [-0.2, 0) is 4.74 Å². The summed E-state index contributed by atoms with van der Waals surface area (Å²) >= 11 is 0. The highest BCUT2D eigenvalue weighted by Gasteiger charge is 2.26. The molecule has 0 aliphatic carbocycles. The predicted octanol–water partition coefficient (Wildman–Crippen LogP) is 3.30. The van der Waals surface area contributed by atoms with Gasteiger partial charge in [0.1, 0.15) is 11.5 Å². The van der Waals surface area contributed by atoms with Gasteiger partial charge in [0.05, 0.1) is 25.3 Å². The largest absolute Gasteiger partial charge is 0.465 e. The summed E-state index contributed by atoms with van der Waals surface area (Å²) in [5, 5.41) is 5.60. The molecule has 0 radical (unpaired) electrons. The van der Waals surface area contributed by atoms with Crippen LogP contribution in [0.4, 0.5) is 13.6 Å². The topological polar surface area (TPSA) is 66.7 Å². The van der Waals surface area contributed by atoms with Crippen LogP contribution >= 0.6 is 0 Å². The highest BCUT2D eigenvalue weighted by Crippen LogP contribution is 2.23. The fourth-order valence-electron chi connectivity index (χ4n) is 3.23. The van der Waals surface area contributed by atoms with Crippen LogP contribution in [-0.4, -0.2) is 43.8 Å². The van der Waals surface area contributed by atoms with Crippen molar-refractivity contribution in [2.24, 2.45) is 0 Å². The van der Waals surface area contributed by atoms with Crippen molar-refractivity contribution in [3.8, 4) is 0 Å². The summed E-state index contributed by atoms with van der Waals surface area (Å²) in [4.78, 5) is 14.5. The van der Waals surface area contributed by atoms with E-state index in [-0.39, 0.29) is 6.04 Å². The van der Waals surface area contributed by atoms with Crippen LogP contribution in [0.1, 0.15) is 36.1 Å². The molecule has 1 saturated heterocycles. The molecule has 2 unspecified atom stereocenters. The molecule has 1 aliphatic heterocycles.